The Morgan fingerprint density at radius 2 is 1.92 bits per heavy atom. The fourth-order valence-corrected chi connectivity index (χ4v) is 6.55. The molecule has 0 bridgehead atoms. The van der Waals surface area contributed by atoms with Gasteiger partial charge < -0.3 is 25.7 Å². The van der Waals surface area contributed by atoms with E-state index >= 15 is 4.39 Å². The van der Waals surface area contributed by atoms with E-state index in [4.69, 9.17) is 5.73 Å². The van der Waals surface area contributed by atoms with Crippen LogP contribution in [0.4, 0.5) is 23.2 Å². The van der Waals surface area contributed by atoms with Crippen LogP contribution in [0.1, 0.15) is 52.4 Å². The molecule has 2 saturated heterocycles. The monoisotopic (exact) mass is 531 g/mol. The number of amides is 1. The lowest BCUT2D eigenvalue weighted by molar-refractivity contribution is -0.274. The van der Waals surface area contributed by atoms with Crippen LogP contribution < -0.4 is 15.8 Å². The number of piperidine rings is 2. The van der Waals surface area contributed by atoms with Crippen molar-refractivity contribution in [1.29, 1.82) is 0 Å². The highest BCUT2D eigenvalue weighted by molar-refractivity contribution is 5.99. The van der Waals surface area contributed by atoms with Crippen LogP contribution in [0.3, 0.4) is 0 Å². The van der Waals surface area contributed by atoms with E-state index < -0.39 is 12.1 Å². The second-order valence-corrected chi connectivity index (χ2v) is 10.6. The minimum atomic E-state index is -4.85. The summed E-state index contributed by atoms with van der Waals surface area (Å²) in [6.45, 7) is 2.77. The van der Waals surface area contributed by atoms with Gasteiger partial charge in [-0.25, -0.2) is 9.37 Å². The molecule has 1 amide bonds. The Balaban J connectivity index is 1.21. The molecule has 2 aliphatic heterocycles. The summed E-state index contributed by atoms with van der Waals surface area (Å²) in [6, 6.07) is 3.32. The molecule has 38 heavy (non-hydrogen) atoms. The van der Waals surface area contributed by atoms with Gasteiger partial charge in [-0.05, 0) is 80.6 Å². The number of ether oxygens (including phenoxy) is 1. The average Bonchev–Trinajstić information content (AvgIpc) is 3.23. The Labute approximate surface area is 216 Å². The number of nitrogens with zero attached hydrogens (tertiary/aromatic N) is 2. The van der Waals surface area contributed by atoms with Gasteiger partial charge >= 0.3 is 6.36 Å². The van der Waals surface area contributed by atoms with Gasteiger partial charge in [0.25, 0.3) is 5.91 Å². The number of rotatable bonds is 3. The lowest BCUT2D eigenvalue weighted by atomic mass is 9.74. The maximum absolute atomic E-state index is 15.3. The van der Waals surface area contributed by atoms with Gasteiger partial charge in [0.05, 0.1) is 11.8 Å². The fraction of sp³-hybridized carbons (Fsp3) is 0.481. The summed E-state index contributed by atoms with van der Waals surface area (Å²) < 4.78 is 56.7. The van der Waals surface area contributed by atoms with Gasteiger partial charge in [0.2, 0.25) is 0 Å². The second-order valence-electron chi connectivity index (χ2n) is 10.6. The third-order valence-electron chi connectivity index (χ3n) is 8.38. The van der Waals surface area contributed by atoms with Crippen LogP contribution in [-0.4, -0.2) is 53.3 Å². The number of aromatic amines is 1. The van der Waals surface area contributed by atoms with Gasteiger partial charge in [-0.15, -0.1) is 13.2 Å². The molecule has 0 spiro atoms. The number of aromatic nitrogens is 2. The van der Waals surface area contributed by atoms with Gasteiger partial charge in [0.1, 0.15) is 17.2 Å². The second kappa shape index (κ2) is 9.44. The van der Waals surface area contributed by atoms with Crippen LogP contribution in [0.5, 0.6) is 5.75 Å². The zero-order valence-electron chi connectivity index (χ0n) is 20.7. The van der Waals surface area contributed by atoms with Crippen LogP contribution in [-0.2, 0) is 12.8 Å². The summed E-state index contributed by atoms with van der Waals surface area (Å²) in [4.78, 5) is 22.6. The van der Waals surface area contributed by atoms with Gasteiger partial charge in [0, 0.05) is 41.5 Å². The molecular weight excluding hydrogens is 502 g/mol. The molecule has 11 heteroatoms. The number of benzene rings is 1. The van der Waals surface area contributed by atoms with E-state index in [1.54, 1.807) is 4.90 Å². The number of likely N-dealkylation sites (tertiary alicyclic amines) is 1. The molecule has 2 atom stereocenters. The first kappa shape index (κ1) is 25.0. The molecule has 2 fully saturated rings. The predicted octanol–water partition coefficient (Wildman–Crippen LogP) is 4.53. The van der Waals surface area contributed by atoms with E-state index in [1.807, 2.05) is 0 Å². The number of nitrogens with one attached hydrogen (secondary N) is 2. The topological polar surface area (TPSA) is 96.3 Å². The van der Waals surface area contributed by atoms with E-state index in [0.717, 1.165) is 55.5 Å². The van der Waals surface area contributed by atoms with E-state index in [9.17, 15) is 18.0 Å². The van der Waals surface area contributed by atoms with Crippen molar-refractivity contribution in [2.24, 2.45) is 11.8 Å². The first-order valence-corrected chi connectivity index (χ1v) is 13.0. The molecule has 0 radical (unpaired) electrons. The van der Waals surface area contributed by atoms with E-state index in [2.05, 4.69) is 20.0 Å². The Kier molecular flexibility index (Phi) is 6.20. The highest BCUT2D eigenvalue weighted by Crippen LogP contribution is 2.42. The number of hydrogen-bond acceptors (Lipinski definition) is 5. The molecule has 4 N–H and O–H groups in total. The third-order valence-corrected chi connectivity index (χ3v) is 8.38. The number of fused-ring (bicyclic) bond motifs is 4. The lowest BCUT2D eigenvalue weighted by Gasteiger charge is -2.36. The zero-order chi connectivity index (χ0) is 26.6. The number of anilines is 1. The quantitative estimate of drug-likeness (QED) is 0.341. The molecule has 3 aliphatic rings. The standard InChI is InChI=1S/C27H29F4N5O2/c28-20-13-34-25-24(19-9-16-12-33-6-3-15(16)10-22(19)35-25)23(20)14-4-7-36(8-5-14)26(37)18-2-1-17(11-21(18)32)38-27(29,30)31/h1-2,11,13-16,33H,3-10,12,32H2,(H,34,35)/t15-,16+/m1/s1. The Bertz CT molecular complexity index is 1380. The highest BCUT2D eigenvalue weighted by atomic mass is 19.4. The molecule has 1 aliphatic carbocycles. The Hall–Kier alpha value is -3.34. The first-order chi connectivity index (χ1) is 18.2. The maximum Gasteiger partial charge on any atom is 0.573 e. The molecule has 0 unspecified atom stereocenters. The van der Waals surface area contributed by atoms with Crippen molar-refractivity contribution in [3.8, 4) is 5.75 Å². The molecule has 3 aromatic rings. The lowest BCUT2D eigenvalue weighted by Crippen LogP contribution is -2.40. The summed E-state index contributed by atoms with van der Waals surface area (Å²) in [7, 11) is 0. The van der Waals surface area contributed by atoms with Gasteiger partial charge in [-0.1, -0.05) is 0 Å². The third kappa shape index (κ3) is 4.57. The molecule has 7 nitrogen and oxygen atoms in total. The minimum Gasteiger partial charge on any atom is -0.406 e. The number of halogens is 4. The smallest absolute Gasteiger partial charge is 0.406 e. The normalized spacial score (nSPS) is 22.3. The molecule has 202 valence electrons. The largest absolute Gasteiger partial charge is 0.573 e. The average molecular weight is 532 g/mol. The number of nitrogen functional groups attached to an aromatic ring is 1. The first-order valence-electron chi connectivity index (χ1n) is 13.0. The van der Waals surface area contributed by atoms with E-state index in [0.29, 0.717) is 43.3 Å². The number of H-pyrrole nitrogens is 1. The van der Waals surface area contributed by atoms with Crippen molar-refractivity contribution in [3.63, 3.8) is 0 Å². The maximum atomic E-state index is 15.3. The Morgan fingerprint density at radius 3 is 2.66 bits per heavy atom. The Morgan fingerprint density at radius 1 is 1.13 bits per heavy atom. The summed E-state index contributed by atoms with van der Waals surface area (Å²) in [5.74, 6) is -0.0866. The summed E-state index contributed by atoms with van der Waals surface area (Å²) in [5, 5.41) is 4.39. The van der Waals surface area contributed by atoms with Crippen molar-refractivity contribution in [2.45, 2.75) is 44.4 Å². The van der Waals surface area contributed by atoms with Crippen molar-refractivity contribution < 1.29 is 27.1 Å². The summed E-state index contributed by atoms with van der Waals surface area (Å²) in [6.07, 6.45) is 0.562. The predicted molar refractivity (Wildman–Crippen MR) is 133 cm³/mol. The van der Waals surface area contributed by atoms with Crippen molar-refractivity contribution in [1.82, 2.24) is 20.2 Å². The number of carbonyl (C=O) groups is 1. The van der Waals surface area contributed by atoms with Crippen LogP contribution >= 0.6 is 0 Å². The van der Waals surface area contributed by atoms with Crippen LogP contribution in [0.2, 0.25) is 0 Å². The fourth-order valence-electron chi connectivity index (χ4n) is 6.55. The number of pyridine rings is 1. The summed E-state index contributed by atoms with van der Waals surface area (Å²) in [5.41, 5.74) is 9.67. The molecular formula is C27H29F4N5O2. The number of nitrogens with two attached hydrogens (primary N) is 1. The molecule has 4 heterocycles. The van der Waals surface area contributed by atoms with E-state index in [1.165, 1.54) is 23.5 Å². The summed E-state index contributed by atoms with van der Waals surface area (Å²) >= 11 is 0. The number of hydrogen-bond donors (Lipinski definition) is 3. The molecule has 0 saturated carbocycles. The van der Waals surface area contributed by atoms with Crippen molar-refractivity contribution >= 4 is 22.6 Å². The molecule has 6 rings (SSSR count). The number of alkyl halides is 3. The molecule has 1 aromatic carbocycles. The van der Waals surface area contributed by atoms with Gasteiger partial charge in [0.15, 0.2) is 0 Å². The minimum absolute atomic E-state index is 0.0773. The van der Waals surface area contributed by atoms with Crippen molar-refractivity contribution in [2.75, 3.05) is 31.9 Å². The van der Waals surface area contributed by atoms with Crippen LogP contribution in [0, 0.1) is 17.7 Å². The molecule has 2 aromatic heterocycles. The van der Waals surface area contributed by atoms with Crippen LogP contribution in [0.15, 0.2) is 24.4 Å². The van der Waals surface area contributed by atoms with Gasteiger partial charge in [-0.2, -0.15) is 0 Å². The highest BCUT2D eigenvalue weighted by Gasteiger charge is 2.36. The van der Waals surface area contributed by atoms with Crippen molar-refractivity contribution in [3.05, 3.63) is 52.6 Å². The van der Waals surface area contributed by atoms with E-state index in [-0.39, 0.29) is 28.9 Å². The van der Waals surface area contributed by atoms with Crippen LogP contribution in [0.25, 0.3) is 11.0 Å². The SMILES string of the molecule is Nc1cc(OC(F)(F)F)ccc1C(=O)N1CCC(c2c(F)cnc3[nH]c4c(c23)C[C@H]2CNCC[C@@H]2C4)CC1. The zero-order valence-corrected chi connectivity index (χ0v) is 20.7. The van der Waals surface area contributed by atoms with Gasteiger partial charge in [-0.3, -0.25) is 4.79 Å². The number of carbonyl (C=O) groups excluding carboxylic acids is 1.